The van der Waals surface area contributed by atoms with E-state index in [0.29, 0.717) is 25.9 Å². The zero-order valence-electron chi connectivity index (χ0n) is 38.3. The molecule has 1 heterocycles. The molecule has 0 bridgehead atoms. The summed E-state index contributed by atoms with van der Waals surface area (Å²) < 4.78 is 37.1. The molecule has 0 saturated heterocycles. The zero-order valence-corrected chi connectivity index (χ0v) is 40.3. The summed E-state index contributed by atoms with van der Waals surface area (Å²) in [6.07, 6.45) is 25.2. The molecule has 0 aromatic rings. The SMILES string of the molecule is COCO[C@@H]1/C=C/[C@H](OCOCC[Si](C)(C)C)CCC/C=C/C(=O)O[C@@H]([C@H](C)/C=C(C)/C=C/CC(=O)C=C(C)C)C/C(C)=C/C=C/CC[C@H]1O[Si](C)(C)C(C)(C)C. The number of methoxy groups -OCH3 is 1. The molecule has 1 aliphatic rings. The topological polar surface area (TPSA) is 89.5 Å². The molecule has 0 radical (unpaired) electrons. The van der Waals surface area contributed by atoms with Crippen molar-refractivity contribution in [2.75, 3.05) is 27.3 Å². The van der Waals surface area contributed by atoms with Crippen molar-refractivity contribution >= 4 is 28.1 Å². The molecule has 1 aliphatic heterocycles. The van der Waals surface area contributed by atoms with E-state index in [4.69, 9.17) is 28.1 Å². The number of rotatable bonds is 17. The van der Waals surface area contributed by atoms with Gasteiger partial charge in [0.25, 0.3) is 0 Å². The molecule has 8 nitrogen and oxygen atoms in total. The van der Waals surface area contributed by atoms with Gasteiger partial charge in [-0.3, -0.25) is 4.79 Å². The molecule has 0 aliphatic carbocycles. The number of hydrogen-bond donors (Lipinski definition) is 0. The van der Waals surface area contributed by atoms with Gasteiger partial charge in [0, 0.05) is 46.6 Å². The van der Waals surface area contributed by atoms with Crippen molar-refractivity contribution in [2.24, 2.45) is 5.92 Å². The lowest BCUT2D eigenvalue weighted by molar-refractivity contribution is -0.144. The van der Waals surface area contributed by atoms with Crippen molar-refractivity contribution < 1.29 is 37.7 Å². The van der Waals surface area contributed by atoms with Crippen LogP contribution in [-0.4, -0.2) is 79.9 Å². The molecule has 5 atom stereocenters. The Balaban J connectivity index is 3.45. The van der Waals surface area contributed by atoms with Crippen LogP contribution < -0.4 is 0 Å². The first-order valence-electron chi connectivity index (χ1n) is 21.0. The summed E-state index contributed by atoms with van der Waals surface area (Å²) >= 11 is 0. The predicted octanol–water partition coefficient (Wildman–Crippen LogP) is 12.0. The number of esters is 1. The number of carbonyl (C=O) groups excluding carboxylic acids is 2. The smallest absolute Gasteiger partial charge is 0.330 e. The fourth-order valence-corrected chi connectivity index (χ4v) is 7.87. The van der Waals surface area contributed by atoms with E-state index in [-0.39, 0.29) is 60.7 Å². The number of carbonyl (C=O) groups is 2. The third kappa shape index (κ3) is 24.9. The number of cyclic esters (lactones) is 1. The van der Waals surface area contributed by atoms with Crippen LogP contribution in [0.2, 0.25) is 43.8 Å². The van der Waals surface area contributed by atoms with Gasteiger partial charge in [0.15, 0.2) is 14.1 Å². The monoisotopic (exact) mass is 829 g/mol. The lowest BCUT2D eigenvalue weighted by Crippen LogP contribution is -2.47. The van der Waals surface area contributed by atoms with Gasteiger partial charge < -0.3 is 28.1 Å². The summed E-state index contributed by atoms with van der Waals surface area (Å²) in [5.41, 5.74) is 3.11. The first-order chi connectivity index (χ1) is 26.6. The minimum atomic E-state index is -2.16. The van der Waals surface area contributed by atoms with E-state index in [1.165, 1.54) is 0 Å². The highest BCUT2D eigenvalue weighted by Gasteiger charge is 2.40. The van der Waals surface area contributed by atoms with E-state index in [0.717, 1.165) is 48.4 Å². The fourth-order valence-electron chi connectivity index (χ4n) is 5.75. The van der Waals surface area contributed by atoms with Crippen LogP contribution in [0.3, 0.4) is 0 Å². The van der Waals surface area contributed by atoms with E-state index in [1.54, 1.807) is 19.3 Å². The van der Waals surface area contributed by atoms with Gasteiger partial charge in [-0.05, 0) is 90.1 Å². The van der Waals surface area contributed by atoms with Gasteiger partial charge >= 0.3 is 5.97 Å². The van der Waals surface area contributed by atoms with Crippen molar-refractivity contribution in [1.82, 2.24) is 0 Å². The van der Waals surface area contributed by atoms with Crippen LogP contribution in [0.1, 0.15) is 100 Å². The second-order valence-electron chi connectivity index (χ2n) is 18.5. The quantitative estimate of drug-likeness (QED) is 0.0272. The Bertz CT molecular complexity index is 1400. The standard InChI is InChI=1S/C47H80O8Si2/c1-37(2)32-41(48)24-21-23-38(3)33-40(5)45-34-39(4)22-17-15-19-26-44(55-57(13,14)47(6,7)8)43(53-35-50-9)29-28-42(25-18-16-20-27-46(49)54-45)52-36-51-30-31-56(10,11)12/h15,17,20-23,27-29,32-33,40,42-45H,16,18-19,24-26,30-31,34-36H2,1-14H3/b17-15+,23-21+,27-20+,29-28+,38-33+,39-22+/t40-,42-,43-,44-,45-/m1/s1. The maximum absolute atomic E-state index is 13.2. The summed E-state index contributed by atoms with van der Waals surface area (Å²) in [6, 6.07) is 1.08. The minimum Gasteiger partial charge on any atom is -0.458 e. The van der Waals surface area contributed by atoms with Gasteiger partial charge in [0.05, 0.1) is 12.2 Å². The summed E-state index contributed by atoms with van der Waals surface area (Å²) in [7, 11) is -1.74. The maximum Gasteiger partial charge on any atom is 0.330 e. The van der Waals surface area contributed by atoms with Crippen LogP contribution >= 0.6 is 0 Å². The molecular formula is C47H80O8Si2. The first kappa shape index (κ1) is 52.6. The van der Waals surface area contributed by atoms with Gasteiger partial charge in [-0.25, -0.2) is 4.79 Å². The van der Waals surface area contributed by atoms with E-state index >= 15 is 0 Å². The molecule has 1 rings (SSSR count). The van der Waals surface area contributed by atoms with Crippen molar-refractivity contribution in [3.05, 3.63) is 83.6 Å². The van der Waals surface area contributed by atoms with E-state index < -0.39 is 16.4 Å². The van der Waals surface area contributed by atoms with E-state index in [9.17, 15) is 9.59 Å². The van der Waals surface area contributed by atoms with Crippen LogP contribution in [0.15, 0.2) is 83.6 Å². The average Bonchev–Trinajstić information content (AvgIpc) is 3.08. The summed E-state index contributed by atoms with van der Waals surface area (Å²) in [4.78, 5) is 25.3. The lowest BCUT2D eigenvalue weighted by Gasteiger charge is -2.41. The van der Waals surface area contributed by atoms with Gasteiger partial charge in [-0.15, -0.1) is 0 Å². The lowest BCUT2D eigenvalue weighted by atomic mass is 9.95. The van der Waals surface area contributed by atoms with E-state index in [2.05, 4.69) is 104 Å². The van der Waals surface area contributed by atoms with E-state index in [1.807, 2.05) is 39.0 Å². The normalized spacial score (nSPS) is 24.8. The second kappa shape index (κ2) is 27.3. The van der Waals surface area contributed by atoms with Crippen molar-refractivity contribution in [2.45, 2.75) is 169 Å². The largest absolute Gasteiger partial charge is 0.458 e. The highest BCUT2D eigenvalue weighted by atomic mass is 28.4. The first-order valence-corrected chi connectivity index (χ1v) is 27.6. The average molecular weight is 829 g/mol. The summed E-state index contributed by atoms with van der Waals surface area (Å²) in [5, 5.41) is 0.0273. The highest BCUT2D eigenvalue weighted by Crippen LogP contribution is 2.38. The third-order valence-electron chi connectivity index (χ3n) is 10.2. The predicted molar refractivity (Wildman–Crippen MR) is 243 cm³/mol. The Morgan fingerprint density at radius 1 is 1.00 bits per heavy atom. The highest BCUT2D eigenvalue weighted by molar-refractivity contribution is 6.76. The third-order valence-corrected chi connectivity index (χ3v) is 16.4. The van der Waals surface area contributed by atoms with Crippen LogP contribution in [0.4, 0.5) is 0 Å². The van der Waals surface area contributed by atoms with Gasteiger partial charge in [0.2, 0.25) is 0 Å². The Hall–Kier alpha value is -2.45. The molecule has 0 amide bonds. The molecule has 0 aromatic heterocycles. The molecule has 324 valence electrons. The van der Waals surface area contributed by atoms with Gasteiger partial charge in [-0.2, -0.15) is 0 Å². The van der Waals surface area contributed by atoms with Crippen LogP contribution in [0.5, 0.6) is 0 Å². The number of ketones is 1. The molecule has 0 fully saturated rings. The van der Waals surface area contributed by atoms with Crippen LogP contribution in [0, 0.1) is 5.92 Å². The molecule has 0 unspecified atom stereocenters. The Kier molecular flexibility index (Phi) is 25.2. The minimum absolute atomic E-state index is 0.0273. The number of ether oxygens (including phenoxy) is 5. The molecule has 0 aromatic carbocycles. The van der Waals surface area contributed by atoms with Crippen LogP contribution in [0.25, 0.3) is 0 Å². The molecular weight excluding hydrogens is 749 g/mol. The molecule has 57 heavy (non-hydrogen) atoms. The summed E-state index contributed by atoms with van der Waals surface area (Å²) in [6.45, 7) is 29.4. The van der Waals surface area contributed by atoms with Gasteiger partial charge in [-0.1, -0.05) is 119 Å². The summed E-state index contributed by atoms with van der Waals surface area (Å²) in [5.74, 6) is -0.329. The molecule has 0 saturated carbocycles. The Labute approximate surface area is 350 Å². The Morgan fingerprint density at radius 2 is 1.72 bits per heavy atom. The number of allylic oxidation sites excluding steroid dienone is 9. The van der Waals surface area contributed by atoms with Gasteiger partial charge in [0.1, 0.15) is 25.8 Å². The van der Waals surface area contributed by atoms with Crippen molar-refractivity contribution in [3.8, 4) is 0 Å². The zero-order chi connectivity index (χ0) is 43.1. The second-order valence-corrected chi connectivity index (χ2v) is 28.9. The molecule has 0 spiro atoms. The van der Waals surface area contributed by atoms with Crippen molar-refractivity contribution in [3.63, 3.8) is 0 Å². The Morgan fingerprint density at radius 3 is 2.37 bits per heavy atom. The molecule has 10 heteroatoms. The maximum atomic E-state index is 13.2. The fraction of sp³-hybridized carbons (Fsp3) is 0.660. The number of hydrogen-bond acceptors (Lipinski definition) is 8. The van der Waals surface area contributed by atoms with Crippen molar-refractivity contribution in [1.29, 1.82) is 0 Å². The van der Waals surface area contributed by atoms with Crippen LogP contribution in [-0.2, 0) is 37.7 Å². The molecule has 0 N–H and O–H groups in total.